The smallest absolute Gasteiger partial charge is 0.188 e. The number of nitriles is 1. The van der Waals surface area contributed by atoms with Crippen molar-refractivity contribution in [1.82, 2.24) is 25.0 Å². The van der Waals surface area contributed by atoms with Gasteiger partial charge in [0.15, 0.2) is 11.6 Å². The van der Waals surface area contributed by atoms with Crippen molar-refractivity contribution in [3.05, 3.63) is 46.8 Å². The Kier molecular flexibility index (Phi) is 4.34. The fraction of sp³-hybridized carbons (Fsp3) is 0.286. The first-order valence-corrected chi connectivity index (χ1v) is 9.90. The molecule has 0 aliphatic carbocycles. The number of anilines is 2. The van der Waals surface area contributed by atoms with Gasteiger partial charge in [-0.05, 0) is 19.9 Å². The van der Waals surface area contributed by atoms with Crippen molar-refractivity contribution in [2.24, 2.45) is 12.1 Å². The van der Waals surface area contributed by atoms with E-state index in [1.807, 2.05) is 37.3 Å². The van der Waals surface area contributed by atoms with E-state index in [-0.39, 0.29) is 11.9 Å². The minimum atomic E-state index is -0.324. The standard InChI is InChI=1S/C21H21N9O/c1-12-4-5-17-14(8-12)13(2)31-19-9-15(25-26-21(19)23)20-16(27-28(3)18(20)10-22)11-29-7-6-24-30(17)29/h4-6,8-9,13H,7,11H2,1-3H3,(H2,23,26)/t13-/m1/s1. The van der Waals surface area contributed by atoms with Gasteiger partial charge in [-0.15, -0.1) is 10.2 Å². The molecule has 10 nitrogen and oxygen atoms in total. The van der Waals surface area contributed by atoms with Gasteiger partial charge in [0, 0.05) is 24.9 Å². The summed E-state index contributed by atoms with van der Waals surface area (Å²) in [7, 11) is 1.74. The number of aromatic nitrogens is 4. The third-order valence-corrected chi connectivity index (χ3v) is 5.49. The molecule has 2 bridgehead atoms. The van der Waals surface area contributed by atoms with E-state index in [0.717, 1.165) is 16.8 Å². The van der Waals surface area contributed by atoms with E-state index >= 15 is 0 Å². The molecular formula is C21H21N9O. The first-order chi connectivity index (χ1) is 15.0. The van der Waals surface area contributed by atoms with Crippen LogP contribution in [0.15, 0.2) is 29.4 Å². The lowest BCUT2D eigenvalue weighted by atomic mass is 10.0. The zero-order valence-electron chi connectivity index (χ0n) is 17.4. The van der Waals surface area contributed by atoms with Crippen LogP contribution in [0.5, 0.6) is 5.75 Å². The second kappa shape index (κ2) is 7.07. The summed E-state index contributed by atoms with van der Waals surface area (Å²) in [5.74, 6) is 0.595. The molecule has 1 aromatic carbocycles. The molecule has 0 fully saturated rings. The molecule has 2 aliphatic rings. The third kappa shape index (κ3) is 3.06. The molecule has 5 rings (SSSR count). The van der Waals surface area contributed by atoms with E-state index in [2.05, 4.69) is 37.5 Å². The van der Waals surface area contributed by atoms with E-state index in [1.54, 1.807) is 17.8 Å². The van der Waals surface area contributed by atoms with Crippen LogP contribution in [0.2, 0.25) is 0 Å². The highest BCUT2D eigenvalue weighted by atomic mass is 16.5. The van der Waals surface area contributed by atoms with Gasteiger partial charge >= 0.3 is 0 Å². The lowest BCUT2D eigenvalue weighted by molar-refractivity contribution is 0.224. The van der Waals surface area contributed by atoms with Gasteiger partial charge < -0.3 is 10.5 Å². The van der Waals surface area contributed by atoms with Gasteiger partial charge in [0.1, 0.15) is 23.6 Å². The molecule has 1 atom stereocenters. The lowest BCUT2D eigenvalue weighted by Crippen LogP contribution is -2.36. The van der Waals surface area contributed by atoms with Gasteiger partial charge in [0.2, 0.25) is 0 Å². The Morgan fingerprint density at radius 2 is 2.10 bits per heavy atom. The average molecular weight is 415 g/mol. The number of nitrogen functional groups attached to an aromatic ring is 1. The largest absolute Gasteiger partial charge is 0.482 e. The fourth-order valence-electron chi connectivity index (χ4n) is 4.00. The maximum Gasteiger partial charge on any atom is 0.188 e. The number of nitrogens with two attached hydrogens (primary N) is 1. The van der Waals surface area contributed by atoms with Crippen LogP contribution >= 0.6 is 0 Å². The van der Waals surface area contributed by atoms with Crippen LogP contribution in [0.4, 0.5) is 11.5 Å². The minimum absolute atomic E-state index is 0.187. The summed E-state index contributed by atoms with van der Waals surface area (Å²) in [5.41, 5.74) is 11.3. The van der Waals surface area contributed by atoms with Gasteiger partial charge in [-0.2, -0.15) is 25.6 Å². The monoisotopic (exact) mass is 415 g/mol. The van der Waals surface area contributed by atoms with Crippen molar-refractivity contribution in [2.45, 2.75) is 26.5 Å². The topological polar surface area (TPSA) is 121 Å². The van der Waals surface area contributed by atoms with Crippen LogP contribution in [-0.4, -0.2) is 37.7 Å². The second-order valence-electron chi connectivity index (χ2n) is 7.64. The first kappa shape index (κ1) is 19.0. The van der Waals surface area contributed by atoms with E-state index in [9.17, 15) is 5.26 Å². The molecule has 4 heterocycles. The van der Waals surface area contributed by atoms with Crippen LogP contribution < -0.4 is 15.6 Å². The Balaban J connectivity index is 1.76. The van der Waals surface area contributed by atoms with Crippen molar-refractivity contribution in [3.63, 3.8) is 0 Å². The summed E-state index contributed by atoms with van der Waals surface area (Å²) in [5, 5.41) is 31.2. The van der Waals surface area contributed by atoms with Crippen molar-refractivity contribution in [2.75, 3.05) is 17.4 Å². The molecule has 0 amide bonds. The van der Waals surface area contributed by atoms with E-state index in [4.69, 9.17) is 10.5 Å². The summed E-state index contributed by atoms with van der Waals surface area (Å²) in [6, 6.07) is 10.1. The van der Waals surface area contributed by atoms with Crippen LogP contribution in [0.3, 0.4) is 0 Å². The number of hydrogen-bond donors (Lipinski definition) is 1. The SMILES string of the molecule is Cc1ccc2c(c1)[C@@H](C)Oc1cc(nnc1N)-c1c(nn(C)c1C#N)CN1CC=NN21. The van der Waals surface area contributed by atoms with Crippen LogP contribution in [0.1, 0.15) is 35.5 Å². The fourth-order valence-corrected chi connectivity index (χ4v) is 4.00. The third-order valence-electron chi connectivity index (χ3n) is 5.49. The maximum atomic E-state index is 9.76. The van der Waals surface area contributed by atoms with Crippen LogP contribution in [-0.2, 0) is 13.6 Å². The average Bonchev–Trinajstić information content (AvgIpc) is 3.32. The van der Waals surface area contributed by atoms with Crippen molar-refractivity contribution in [3.8, 4) is 23.1 Å². The number of hydrazine groups is 1. The quantitative estimate of drug-likeness (QED) is 0.594. The Hall–Kier alpha value is -3.97. The highest BCUT2D eigenvalue weighted by molar-refractivity contribution is 5.72. The van der Waals surface area contributed by atoms with E-state index in [1.165, 1.54) is 0 Å². The molecule has 0 radical (unpaired) electrons. The summed E-state index contributed by atoms with van der Waals surface area (Å²) < 4.78 is 7.81. The van der Waals surface area contributed by atoms with E-state index < -0.39 is 0 Å². The van der Waals surface area contributed by atoms with Gasteiger partial charge in [0.05, 0.1) is 30.0 Å². The Morgan fingerprint density at radius 1 is 1.26 bits per heavy atom. The molecule has 156 valence electrons. The second-order valence-corrected chi connectivity index (χ2v) is 7.64. The molecule has 3 aromatic rings. The van der Waals surface area contributed by atoms with Gasteiger partial charge in [0.25, 0.3) is 0 Å². The zero-order valence-corrected chi connectivity index (χ0v) is 17.4. The predicted molar refractivity (Wildman–Crippen MR) is 115 cm³/mol. The van der Waals surface area contributed by atoms with Crippen LogP contribution in [0.25, 0.3) is 11.3 Å². The van der Waals surface area contributed by atoms with Crippen LogP contribution in [0, 0.1) is 18.3 Å². The highest BCUT2D eigenvalue weighted by Crippen LogP contribution is 2.37. The van der Waals surface area contributed by atoms with Crippen molar-refractivity contribution >= 4 is 17.7 Å². The van der Waals surface area contributed by atoms with Crippen molar-refractivity contribution < 1.29 is 4.74 Å². The number of aryl methyl sites for hydroxylation is 2. The van der Waals surface area contributed by atoms with Gasteiger partial charge in [-0.3, -0.25) is 4.68 Å². The molecule has 0 spiro atoms. The normalized spacial score (nSPS) is 17.6. The Bertz CT molecular complexity index is 1260. The Labute approximate surface area is 179 Å². The molecule has 0 saturated carbocycles. The molecule has 2 aliphatic heterocycles. The predicted octanol–water partition coefficient (Wildman–Crippen LogP) is 2.32. The number of hydrazone groups is 1. The summed E-state index contributed by atoms with van der Waals surface area (Å²) >= 11 is 0. The number of nitrogens with zero attached hydrogens (tertiary/aromatic N) is 8. The van der Waals surface area contributed by atoms with Crippen molar-refractivity contribution in [1.29, 1.82) is 5.26 Å². The Morgan fingerprint density at radius 3 is 2.90 bits per heavy atom. The number of rotatable bonds is 0. The zero-order chi connectivity index (χ0) is 21.7. The molecule has 0 unspecified atom stereocenters. The number of ether oxygens (including phenoxy) is 1. The molecule has 10 heteroatoms. The lowest BCUT2D eigenvalue weighted by Gasteiger charge is -2.30. The molecule has 31 heavy (non-hydrogen) atoms. The van der Waals surface area contributed by atoms with E-state index in [0.29, 0.717) is 41.5 Å². The van der Waals surface area contributed by atoms with Gasteiger partial charge in [-0.25, -0.2) is 0 Å². The number of hydrogen-bond acceptors (Lipinski definition) is 9. The molecule has 2 aromatic heterocycles. The summed E-state index contributed by atoms with van der Waals surface area (Å²) in [4.78, 5) is 0. The molecule has 2 N–H and O–H groups in total. The molecule has 0 saturated heterocycles. The first-order valence-electron chi connectivity index (χ1n) is 9.90. The maximum absolute atomic E-state index is 9.76. The summed E-state index contributed by atoms with van der Waals surface area (Å²) in [6.45, 7) is 5.05. The number of benzene rings is 1. The molecular weight excluding hydrogens is 394 g/mol. The minimum Gasteiger partial charge on any atom is -0.482 e. The summed E-state index contributed by atoms with van der Waals surface area (Å²) in [6.07, 6.45) is 1.52. The number of fused-ring (bicyclic) bond motifs is 7. The van der Waals surface area contributed by atoms with Gasteiger partial charge in [-0.1, -0.05) is 17.7 Å². The highest BCUT2D eigenvalue weighted by Gasteiger charge is 2.30.